The monoisotopic (exact) mass is 344 g/mol. The quantitative estimate of drug-likeness (QED) is 0.505. The van der Waals surface area contributed by atoms with Crippen LogP contribution < -0.4 is 0 Å². The third-order valence-electron chi connectivity index (χ3n) is 4.16. The van der Waals surface area contributed by atoms with Gasteiger partial charge < -0.3 is 10.2 Å². The van der Waals surface area contributed by atoms with Crippen LogP contribution >= 0.6 is 11.8 Å². The minimum Gasteiger partial charge on any atom is -0.506 e. The molecule has 24 heavy (non-hydrogen) atoms. The zero-order valence-electron chi connectivity index (χ0n) is 14.3. The highest BCUT2D eigenvalue weighted by molar-refractivity contribution is 7.99. The second kappa shape index (κ2) is 11.2. The normalized spacial score (nSPS) is 10.9. The molecule has 0 amide bonds. The number of para-hydroxylation sites is 1. The molecule has 0 saturated heterocycles. The zero-order chi connectivity index (χ0) is 17.0. The molecule has 0 unspecified atom stereocenters. The molecule has 0 radical (unpaired) electrons. The van der Waals surface area contributed by atoms with Gasteiger partial charge in [-0.3, -0.25) is 0 Å². The lowest BCUT2D eigenvalue weighted by molar-refractivity contribution is 0.282. The Hall–Kier alpha value is -1.45. The second-order valence-corrected chi connectivity index (χ2v) is 7.24. The number of aliphatic hydroxyl groups excluding tert-OH is 1. The molecule has 130 valence electrons. The maximum Gasteiger partial charge on any atom is 0.132 e. The third-order valence-corrected chi connectivity index (χ3v) is 5.22. The van der Waals surface area contributed by atoms with Crippen LogP contribution in [0.5, 0.6) is 5.75 Å². The summed E-state index contributed by atoms with van der Waals surface area (Å²) < 4.78 is 0. The zero-order valence-corrected chi connectivity index (χ0v) is 15.1. The Morgan fingerprint density at radius 2 is 1.38 bits per heavy atom. The molecular formula is C21H28O2S. The summed E-state index contributed by atoms with van der Waals surface area (Å²) in [4.78, 5) is 2.08. The number of phenols is 1. The van der Waals surface area contributed by atoms with E-state index in [-0.39, 0.29) is 0 Å². The highest BCUT2D eigenvalue weighted by Crippen LogP contribution is 2.36. The first-order valence-corrected chi connectivity index (χ1v) is 9.77. The van der Waals surface area contributed by atoms with Gasteiger partial charge in [-0.25, -0.2) is 0 Å². The van der Waals surface area contributed by atoms with Crippen LogP contribution in [0, 0.1) is 0 Å². The molecular weight excluding hydrogens is 316 g/mol. The summed E-state index contributed by atoms with van der Waals surface area (Å²) in [6.07, 6.45) is 9.03. The van der Waals surface area contributed by atoms with Crippen LogP contribution in [0.2, 0.25) is 0 Å². The fraction of sp³-hybridized carbons (Fsp3) is 0.429. The van der Waals surface area contributed by atoms with Crippen molar-refractivity contribution in [3.63, 3.8) is 0 Å². The molecule has 3 heteroatoms. The Bertz CT molecular complexity index is 584. The van der Waals surface area contributed by atoms with E-state index in [1.165, 1.54) is 25.7 Å². The van der Waals surface area contributed by atoms with Crippen molar-refractivity contribution in [1.29, 1.82) is 0 Å². The number of aryl methyl sites for hydroxylation is 1. The molecule has 0 atom stereocenters. The van der Waals surface area contributed by atoms with Crippen molar-refractivity contribution >= 4 is 11.8 Å². The number of unbranched alkanes of at least 4 members (excludes halogenated alkanes) is 6. The van der Waals surface area contributed by atoms with E-state index in [1.807, 2.05) is 36.4 Å². The molecule has 2 aromatic rings. The maximum absolute atomic E-state index is 10.5. The summed E-state index contributed by atoms with van der Waals surface area (Å²) >= 11 is 1.61. The largest absolute Gasteiger partial charge is 0.506 e. The van der Waals surface area contributed by atoms with Crippen LogP contribution in [0.1, 0.15) is 50.5 Å². The van der Waals surface area contributed by atoms with Crippen LogP contribution in [0.3, 0.4) is 0 Å². The van der Waals surface area contributed by atoms with Gasteiger partial charge in [0.05, 0.1) is 4.90 Å². The summed E-state index contributed by atoms with van der Waals surface area (Å²) in [5, 5.41) is 19.3. The van der Waals surface area contributed by atoms with Crippen LogP contribution in [-0.2, 0) is 6.42 Å². The molecule has 2 aromatic carbocycles. The molecule has 0 heterocycles. The molecule has 0 aliphatic rings. The highest BCUT2D eigenvalue weighted by atomic mass is 32.2. The number of aliphatic hydroxyl groups is 1. The van der Waals surface area contributed by atoms with Crippen molar-refractivity contribution in [1.82, 2.24) is 0 Å². The minimum atomic E-state index is 0.316. The van der Waals surface area contributed by atoms with Gasteiger partial charge >= 0.3 is 0 Å². The van der Waals surface area contributed by atoms with Gasteiger partial charge in [0.2, 0.25) is 0 Å². The summed E-state index contributed by atoms with van der Waals surface area (Å²) in [6, 6.07) is 16.2. The Kier molecular flexibility index (Phi) is 8.78. The molecule has 2 N–H and O–H groups in total. The Morgan fingerprint density at radius 1 is 0.708 bits per heavy atom. The fourth-order valence-corrected chi connectivity index (χ4v) is 3.70. The van der Waals surface area contributed by atoms with E-state index >= 15 is 0 Å². The predicted molar refractivity (Wildman–Crippen MR) is 102 cm³/mol. The number of phenolic OH excluding ortho intramolecular Hbond substituents is 1. The summed E-state index contributed by atoms with van der Waals surface area (Å²) in [5.74, 6) is 0.439. The summed E-state index contributed by atoms with van der Waals surface area (Å²) in [5.41, 5.74) is 1.05. The van der Waals surface area contributed by atoms with E-state index < -0.39 is 0 Å². The molecule has 2 rings (SSSR count). The fourth-order valence-electron chi connectivity index (χ4n) is 2.78. The van der Waals surface area contributed by atoms with Gasteiger partial charge in [0.15, 0.2) is 0 Å². The van der Waals surface area contributed by atoms with Crippen molar-refractivity contribution in [2.75, 3.05) is 6.61 Å². The molecule has 0 aliphatic carbocycles. The second-order valence-electron chi connectivity index (χ2n) is 6.13. The molecule has 0 fully saturated rings. The molecule has 0 aromatic heterocycles. The van der Waals surface area contributed by atoms with E-state index in [2.05, 4.69) is 12.1 Å². The van der Waals surface area contributed by atoms with Crippen molar-refractivity contribution in [3.8, 4) is 5.75 Å². The van der Waals surface area contributed by atoms with Crippen molar-refractivity contribution in [2.24, 2.45) is 0 Å². The van der Waals surface area contributed by atoms with E-state index in [9.17, 15) is 5.11 Å². The first kappa shape index (κ1) is 18.9. The average Bonchev–Trinajstić information content (AvgIpc) is 2.61. The lowest BCUT2D eigenvalue weighted by atomic mass is 10.0. The number of hydrogen-bond acceptors (Lipinski definition) is 3. The van der Waals surface area contributed by atoms with Crippen molar-refractivity contribution < 1.29 is 10.2 Å². The third kappa shape index (κ3) is 6.58. The molecule has 0 spiro atoms. The lowest BCUT2D eigenvalue weighted by Gasteiger charge is -2.09. The van der Waals surface area contributed by atoms with Gasteiger partial charge in [0.25, 0.3) is 0 Å². The molecule has 0 bridgehead atoms. The number of aromatic hydroxyl groups is 1. The van der Waals surface area contributed by atoms with Crippen molar-refractivity contribution in [2.45, 2.75) is 61.2 Å². The summed E-state index contributed by atoms with van der Waals surface area (Å²) in [6.45, 7) is 0.316. The Labute approximate surface area is 149 Å². The molecule has 2 nitrogen and oxygen atoms in total. The first-order chi connectivity index (χ1) is 11.8. The van der Waals surface area contributed by atoms with Crippen molar-refractivity contribution in [3.05, 3.63) is 54.1 Å². The van der Waals surface area contributed by atoms with E-state index in [1.54, 1.807) is 11.8 Å². The number of hydrogen-bond donors (Lipinski definition) is 2. The van der Waals surface area contributed by atoms with Gasteiger partial charge in [-0.1, -0.05) is 74.2 Å². The topological polar surface area (TPSA) is 40.5 Å². The van der Waals surface area contributed by atoms with Crippen LogP contribution in [0.15, 0.2) is 58.3 Å². The highest BCUT2D eigenvalue weighted by Gasteiger charge is 2.08. The first-order valence-electron chi connectivity index (χ1n) is 8.96. The van der Waals surface area contributed by atoms with Crippen LogP contribution in [-0.4, -0.2) is 16.8 Å². The van der Waals surface area contributed by atoms with Crippen LogP contribution in [0.4, 0.5) is 0 Å². The standard InChI is InChI=1S/C21H28O2S/c22-17-10-5-3-1-2-4-7-12-18-13-11-16-20(21(18)23)24-19-14-8-6-9-15-19/h6,8-9,11,13-16,22-23H,1-5,7,10,12,17H2. The van der Waals surface area contributed by atoms with E-state index in [0.29, 0.717) is 12.4 Å². The van der Waals surface area contributed by atoms with Gasteiger partial charge in [-0.05, 0) is 43.0 Å². The molecule has 0 saturated carbocycles. The smallest absolute Gasteiger partial charge is 0.132 e. The minimum absolute atomic E-state index is 0.316. The Morgan fingerprint density at radius 3 is 2.08 bits per heavy atom. The van der Waals surface area contributed by atoms with Gasteiger partial charge in [0.1, 0.15) is 5.75 Å². The van der Waals surface area contributed by atoms with Gasteiger partial charge in [-0.15, -0.1) is 0 Å². The number of benzene rings is 2. The number of rotatable bonds is 11. The van der Waals surface area contributed by atoms with Gasteiger partial charge in [0, 0.05) is 11.5 Å². The predicted octanol–water partition coefficient (Wildman–Crippen LogP) is 5.81. The average molecular weight is 345 g/mol. The van der Waals surface area contributed by atoms with E-state index in [4.69, 9.17) is 5.11 Å². The lowest BCUT2D eigenvalue weighted by Crippen LogP contribution is -1.89. The maximum atomic E-state index is 10.5. The summed E-state index contributed by atoms with van der Waals surface area (Å²) in [7, 11) is 0. The molecule has 0 aliphatic heterocycles. The Balaban J connectivity index is 1.76. The van der Waals surface area contributed by atoms with Gasteiger partial charge in [-0.2, -0.15) is 0 Å². The van der Waals surface area contributed by atoms with E-state index in [0.717, 1.165) is 41.0 Å². The van der Waals surface area contributed by atoms with Crippen LogP contribution in [0.25, 0.3) is 0 Å². The SMILES string of the molecule is OCCCCCCCCCc1cccc(Sc2ccccc2)c1O.